The van der Waals surface area contributed by atoms with E-state index in [0.717, 1.165) is 28.1 Å². The zero-order valence-corrected chi connectivity index (χ0v) is 16.5. The van der Waals surface area contributed by atoms with Gasteiger partial charge in [0.25, 0.3) is 5.91 Å². The van der Waals surface area contributed by atoms with E-state index >= 15 is 0 Å². The molecule has 136 valence electrons. The summed E-state index contributed by atoms with van der Waals surface area (Å²) in [5.74, 6) is -0.283. The van der Waals surface area contributed by atoms with Gasteiger partial charge in [-0.05, 0) is 24.3 Å². The summed E-state index contributed by atoms with van der Waals surface area (Å²) in [6.07, 6.45) is 0. The molecule has 0 fully saturated rings. The summed E-state index contributed by atoms with van der Waals surface area (Å²) in [5.41, 5.74) is 0.765. The second-order valence-corrected chi connectivity index (χ2v) is 8.43. The number of nitro groups is 1. The van der Waals surface area contributed by atoms with Crippen molar-refractivity contribution in [3.63, 3.8) is 0 Å². The van der Waals surface area contributed by atoms with E-state index in [1.165, 1.54) is 28.4 Å². The van der Waals surface area contributed by atoms with Gasteiger partial charge in [-0.15, -0.1) is 0 Å². The first-order chi connectivity index (χ1) is 12.3. The molecule has 0 atom stereocenters. The number of aromatic nitrogens is 1. The zero-order valence-electron chi connectivity index (χ0n) is 14.1. The summed E-state index contributed by atoms with van der Waals surface area (Å²) >= 11 is 8.29. The molecule has 26 heavy (non-hydrogen) atoms. The quantitative estimate of drug-likeness (QED) is 0.499. The maximum absolute atomic E-state index is 13.0. The fourth-order valence-electron chi connectivity index (χ4n) is 2.29. The van der Waals surface area contributed by atoms with Gasteiger partial charge >= 0.3 is 5.00 Å². The Labute approximate surface area is 162 Å². The summed E-state index contributed by atoms with van der Waals surface area (Å²) in [5, 5.41) is 12.0. The molecule has 0 unspecified atom stereocenters. The highest BCUT2D eigenvalue weighted by atomic mass is 35.5. The number of nitrogens with one attached hydrogen (secondary N) is 1. The molecule has 1 N–H and O–H groups in total. The average molecular weight is 412 g/mol. The highest BCUT2D eigenvalue weighted by molar-refractivity contribution is 7.22. The number of hydrogen-bond acceptors (Lipinski definition) is 6. The highest BCUT2D eigenvalue weighted by Crippen LogP contribution is 2.33. The van der Waals surface area contributed by atoms with Crippen molar-refractivity contribution < 1.29 is 14.6 Å². The summed E-state index contributed by atoms with van der Waals surface area (Å²) in [4.78, 5) is 31.0. The summed E-state index contributed by atoms with van der Waals surface area (Å²) in [6.45, 7) is 1.18. The Kier molecular flexibility index (Phi) is 5.52. The minimum Gasteiger partial charge on any atom is -0.338 e. The minimum absolute atomic E-state index is 0.0531. The molecular formula is C16H16ClN4O3S2+. The van der Waals surface area contributed by atoms with Crippen LogP contribution in [0.4, 0.5) is 10.1 Å². The van der Waals surface area contributed by atoms with E-state index in [9.17, 15) is 14.9 Å². The van der Waals surface area contributed by atoms with E-state index in [0.29, 0.717) is 21.6 Å². The largest absolute Gasteiger partial charge is 0.338 e. The van der Waals surface area contributed by atoms with Crippen LogP contribution >= 0.6 is 34.3 Å². The third-order valence-electron chi connectivity index (χ3n) is 3.63. The number of thiazole rings is 1. The first-order valence-corrected chi connectivity index (χ1v) is 9.77. The van der Waals surface area contributed by atoms with Crippen LogP contribution in [0.25, 0.3) is 10.2 Å². The number of rotatable bonds is 6. The second kappa shape index (κ2) is 7.67. The van der Waals surface area contributed by atoms with Crippen molar-refractivity contribution in [2.45, 2.75) is 0 Å². The maximum atomic E-state index is 13.0. The Balaban J connectivity index is 1.97. The van der Waals surface area contributed by atoms with Gasteiger partial charge in [0.05, 0.1) is 47.2 Å². The Morgan fingerprint density at radius 1 is 1.31 bits per heavy atom. The fraction of sp³-hybridized carbons (Fsp3) is 0.250. The molecule has 2 heterocycles. The predicted octanol–water partition coefficient (Wildman–Crippen LogP) is 2.71. The molecule has 7 nitrogen and oxygen atoms in total. The van der Waals surface area contributed by atoms with Crippen molar-refractivity contribution in [1.29, 1.82) is 0 Å². The molecule has 0 spiro atoms. The SMILES string of the molecule is C[NH+](C)CCN(C(=O)c1ccc([N+](=O)[O-])s1)c1nc2ccc(Cl)cc2s1. The molecule has 0 bridgehead atoms. The normalized spacial score (nSPS) is 11.2. The van der Waals surface area contributed by atoms with E-state index in [4.69, 9.17) is 11.6 Å². The van der Waals surface area contributed by atoms with Crippen LogP contribution in [0.1, 0.15) is 9.67 Å². The summed E-state index contributed by atoms with van der Waals surface area (Å²) in [6, 6.07) is 8.23. The Bertz CT molecular complexity index is 969. The number of hydrogen-bond donors (Lipinski definition) is 1. The highest BCUT2D eigenvalue weighted by Gasteiger charge is 2.25. The molecule has 0 radical (unpaired) electrons. The van der Waals surface area contributed by atoms with Gasteiger partial charge in [-0.2, -0.15) is 0 Å². The van der Waals surface area contributed by atoms with Crippen LogP contribution < -0.4 is 9.80 Å². The zero-order chi connectivity index (χ0) is 18.8. The monoisotopic (exact) mass is 411 g/mol. The molecule has 0 saturated carbocycles. The lowest BCUT2D eigenvalue weighted by atomic mass is 10.3. The molecule has 3 rings (SSSR count). The number of nitrogens with zero attached hydrogens (tertiary/aromatic N) is 3. The van der Waals surface area contributed by atoms with Crippen LogP contribution in [0.15, 0.2) is 30.3 Å². The standard InChI is InChI=1S/C16H15ClN4O3S2/c1-19(2)7-8-20(15(22)12-5-6-14(25-12)21(23)24)16-18-11-4-3-10(17)9-13(11)26-16/h3-6,9H,7-8H2,1-2H3/p+1. The van der Waals surface area contributed by atoms with Gasteiger partial charge in [-0.25, -0.2) is 4.98 Å². The maximum Gasteiger partial charge on any atom is 0.324 e. The first kappa shape index (κ1) is 18.7. The van der Waals surface area contributed by atoms with Crippen LogP contribution in [0.3, 0.4) is 0 Å². The number of fused-ring (bicyclic) bond motifs is 1. The lowest BCUT2D eigenvalue weighted by molar-refractivity contribution is -0.856. The van der Waals surface area contributed by atoms with Gasteiger partial charge < -0.3 is 4.90 Å². The number of quaternary nitrogens is 1. The van der Waals surface area contributed by atoms with Crippen LogP contribution in [0, 0.1) is 10.1 Å². The van der Waals surface area contributed by atoms with Crippen molar-refractivity contribution in [2.24, 2.45) is 0 Å². The molecule has 3 aromatic rings. The molecule has 0 saturated heterocycles. The second-order valence-electron chi connectivity index (χ2n) is 5.92. The van der Waals surface area contributed by atoms with Crippen LogP contribution in [0.5, 0.6) is 0 Å². The van der Waals surface area contributed by atoms with E-state index in [-0.39, 0.29) is 10.9 Å². The summed E-state index contributed by atoms with van der Waals surface area (Å²) in [7, 11) is 3.99. The molecule has 0 aliphatic carbocycles. The minimum atomic E-state index is -0.491. The molecule has 10 heteroatoms. The number of amides is 1. The van der Waals surface area contributed by atoms with Gasteiger partial charge in [0.15, 0.2) is 5.13 Å². The van der Waals surface area contributed by atoms with Gasteiger partial charge in [-0.1, -0.05) is 34.3 Å². The lowest BCUT2D eigenvalue weighted by Gasteiger charge is -2.19. The molecule has 1 amide bonds. The Morgan fingerprint density at radius 3 is 2.73 bits per heavy atom. The number of halogens is 1. The fourth-order valence-corrected chi connectivity index (χ4v) is 4.33. The lowest BCUT2D eigenvalue weighted by Crippen LogP contribution is -3.06. The number of carbonyl (C=O) groups excluding carboxylic acids is 1. The molecule has 0 aliphatic heterocycles. The predicted molar refractivity (Wildman–Crippen MR) is 105 cm³/mol. The third-order valence-corrected chi connectivity index (χ3v) is 5.93. The van der Waals surface area contributed by atoms with Gasteiger partial charge in [0.1, 0.15) is 0 Å². The first-order valence-electron chi connectivity index (χ1n) is 7.76. The molecular weight excluding hydrogens is 396 g/mol. The molecule has 2 aromatic heterocycles. The molecule has 1 aromatic carbocycles. The van der Waals surface area contributed by atoms with Crippen molar-refractivity contribution in [3.05, 3.63) is 50.3 Å². The number of anilines is 1. The third kappa shape index (κ3) is 4.01. The number of likely N-dealkylation sites (N-methyl/N-ethyl adjacent to an activating group) is 1. The van der Waals surface area contributed by atoms with E-state index in [2.05, 4.69) is 4.98 Å². The Hall–Kier alpha value is -2.07. The Morgan fingerprint density at radius 2 is 2.08 bits per heavy atom. The van der Waals surface area contributed by atoms with E-state index in [1.54, 1.807) is 11.0 Å². The van der Waals surface area contributed by atoms with Crippen molar-refractivity contribution in [1.82, 2.24) is 4.98 Å². The summed E-state index contributed by atoms with van der Waals surface area (Å²) < 4.78 is 0.889. The number of thiophene rings is 1. The van der Waals surface area contributed by atoms with Crippen LogP contribution in [0.2, 0.25) is 5.02 Å². The topological polar surface area (TPSA) is 80.8 Å². The van der Waals surface area contributed by atoms with Crippen molar-refractivity contribution in [3.8, 4) is 0 Å². The number of carbonyl (C=O) groups is 1. The van der Waals surface area contributed by atoms with Crippen molar-refractivity contribution >= 4 is 60.5 Å². The number of benzene rings is 1. The van der Waals surface area contributed by atoms with Crippen LogP contribution in [-0.2, 0) is 0 Å². The molecule has 0 aliphatic rings. The van der Waals surface area contributed by atoms with Gasteiger partial charge in [0.2, 0.25) is 0 Å². The van der Waals surface area contributed by atoms with Gasteiger partial charge in [-0.3, -0.25) is 19.8 Å². The van der Waals surface area contributed by atoms with Gasteiger partial charge in [0, 0.05) is 11.1 Å². The van der Waals surface area contributed by atoms with Crippen molar-refractivity contribution in [2.75, 3.05) is 32.1 Å². The van der Waals surface area contributed by atoms with Crippen LogP contribution in [-0.4, -0.2) is 43.0 Å². The smallest absolute Gasteiger partial charge is 0.324 e. The van der Waals surface area contributed by atoms with E-state index in [1.807, 2.05) is 26.2 Å². The average Bonchev–Trinajstić information content (AvgIpc) is 3.20. The van der Waals surface area contributed by atoms with E-state index < -0.39 is 4.92 Å².